The highest BCUT2D eigenvalue weighted by molar-refractivity contribution is 4.72. The summed E-state index contributed by atoms with van der Waals surface area (Å²) in [4.78, 5) is 2.58. The van der Waals surface area contributed by atoms with Crippen molar-refractivity contribution in [1.29, 1.82) is 0 Å². The standard InChI is InChI=1S/C9H20N2/c1-3-7-11-8-6-10-5-4-9(11)2/h9-10H,3-8H2,1-2H3. The number of nitrogens with one attached hydrogen (secondary N) is 1. The highest BCUT2D eigenvalue weighted by Crippen LogP contribution is 2.05. The molecule has 1 rings (SSSR count). The molecule has 0 aromatic rings. The number of nitrogens with zero attached hydrogens (tertiary/aromatic N) is 1. The molecule has 0 amide bonds. The average molecular weight is 156 g/mol. The summed E-state index contributed by atoms with van der Waals surface area (Å²) in [5.74, 6) is 0. The largest absolute Gasteiger partial charge is 0.315 e. The Balaban J connectivity index is 2.32. The van der Waals surface area contributed by atoms with E-state index in [0.29, 0.717) is 0 Å². The van der Waals surface area contributed by atoms with Gasteiger partial charge in [0.2, 0.25) is 0 Å². The maximum atomic E-state index is 3.42. The molecule has 0 aromatic heterocycles. The second kappa shape index (κ2) is 4.73. The van der Waals surface area contributed by atoms with Gasteiger partial charge >= 0.3 is 0 Å². The van der Waals surface area contributed by atoms with Gasteiger partial charge in [0.1, 0.15) is 0 Å². The van der Waals surface area contributed by atoms with Crippen molar-refractivity contribution in [3.05, 3.63) is 0 Å². The maximum absolute atomic E-state index is 3.42. The van der Waals surface area contributed by atoms with Crippen LogP contribution in [0.4, 0.5) is 0 Å². The fourth-order valence-electron chi connectivity index (χ4n) is 1.68. The van der Waals surface area contributed by atoms with Crippen LogP contribution in [0.1, 0.15) is 26.7 Å². The molecule has 1 aliphatic rings. The summed E-state index contributed by atoms with van der Waals surface area (Å²) in [6, 6.07) is 0.782. The van der Waals surface area contributed by atoms with Gasteiger partial charge in [-0.1, -0.05) is 6.92 Å². The van der Waals surface area contributed by atoms with Gasteiger partial charge in [0.05, 0.1) is 0 Å². The maximum Gasteiger partial charge on any atom is 0.0110 e. The van der Waals surface area contributed by atoms with Gasteiger partial charge in [-0.25, -0.2) is 0 Å². The lowest BCUT2D eigenvalue weighted by Crippen LogP contribution is -2.34. The number of hydrogen-bond acceptors (Lipinski definition) is 2. The van der Waals surface area contributed by atoms with Gasteiger partial charge in [0.25, 0.3) is 0 Å². The van der Waals surface area contributed by atoms with E-state index in [0.717, 1.165) is 6.04 Å². The highest BCUT2D eigenvalue weighted by Gasteiger charge is 2.14. The molecular weight excluding hydrogens is 136 g/mol. The van der Waals surface area contributed by atoms with Crippen LogP contribution in [0.3, 0.4) is 0 Å². The van der Waals surface area contributed by atoms with E-state index >= 15 is 0 Å². The Morgan fingerprint density at radius 3 is 3.00 bits per heavy atom. The van der Waals surface area contributed by atoms with Gasteiger partial charge in [-0.3, -0.25) is 4.90 Å². The van der Waals surface area contributed by atoms with E-state index in [9.17, 15) is 0 Å². The van der Waals surface area contributed by atoms with Crippen LogP contribution in [-0.4, -0.2) is 37.1 Å². The molecular formula is C9H20N2. The van der Waals surface area contributed by atoms with Crippen LogP contribution in [0, 0.1) is 0 Å². The smallest absolute Gasteiger partial charge is 0.0110 e. The Morgan fingerprint density at radius 1 is 1.45 bits per heavy atom. The predicted molar refractivity (Wildman–Crippen MR) is 48.8 cm³/mol. The first-order valence-corrected chi connectivity index (χ1v) is 4.79. The zero-order valence-electron chi connectivity index (χ0n) is 7.77. The second-order valence-corrected chi connectivity index (χ2v) is 3.42. The van der Waals surface area contributed by atoms with Crippen molar-refractivity contribution < 1.29 is 0 Å². The highest BCUT2D eigenvalue weighted by atomic mass is 15.2. The molecule has 0 aliphatic carbocycles. The number of hydrogen-bond donors (Lipinski definition) is 1. The molecule has 66 valence electrons. The molecule has 0 bridgehead atoms. The normalized spacial score (nSPS) is 28.4. The van der Waals surface area contributed by atoms with Crippen LogP contribution in [-0.2, 0) is 0 Å². The Bertz CT molecular complexity index is 104. The van der Waals surface area contributed by atoms with Crippen LogP contribution in [0.5, 0.6) is 0 Å². The molecule has 2 nitrogen and oxygen atoms in total. The van der Waals surface area contributed by atoms with Crippen molar-refractivity contribution in [3.63, 3.8) is 0 Å². The molecule has 1 unspecified atom stereocenters. The first-order valence-electron chi connectivity index (χ1n) is 4.79. The summed E-state index contributed by atoms with van der Waals surface area (Å²) >= 11 is 0. The Labute approximate surface area is 70.0 Å². The van der Waals surface area contributed by atoms with Crippen LogP contribution < -0.4 is 5.32 Å². The Hall–Kier alpha value is -0.0800. The zero-order chi connectivity index (χ0) is 8.10. The monoisotopic (exact) mass is 156 g/mol. The lowest BCUT2D eigenvalue weighted by Gasteiger charge is -2.25. The first kappa shape index (κ1) is 9.01. The third-order valence-corrected chi connectivity index (χ3v) is 2.45. The summed E-state index contributed by atoms with van der Waals surface area (Å²) in [6.07, 6.45) is 2.59. The quantitative estimate of drug-likeness (QED) is 0.643. The second-order valence-electron chi connectivity index (χ2n) is 3.42. The van der Waals surface area contributed by atoms with Crippen LogP contribution >= 0.6 is 0 Å². The summed E-state index contributed by atoms with van der Waals surface area (Å²) in [7, 11) is 0. The summed E-state index contributed by atoms with van der Waals surface area (Å²) in [5.41, 5.74) is 0. The van der Waals surface area contributed by atoms with Gasteiger partial charge in [0.15, 0.2) is 0 Å². The van der Waals surface area contributed by atoms with Crippen molar-refractivity contribution in [2.24, 2.45) is 0 Å². The molecule has 1 saturated heterocycles. The Kier molecular flexibility index (Phi) is 3.87. The first-order chi connectivity index (χ1) is 5.34. The zero-order valence-corrected chi connectivity index (χ0v) is 7.77. The van der Waals surface area contributed by atoms with Gasteiger partial charge in [-0.05, 0) is 32.9 Å². The third kappa shape index (κ3) is 2.80. The molecule has 1 heterocycles. The van der Waals surface area contributed by atoms with Gasteiger partial charge < -0.3 is 5.32 Å². The predicted octanol–water partition coefficient (Wildman–Crippen LogP) is 1.08. The van der Waals surface area contributed by atoms with E-state index in [2.05, 4.69) is 24.1 Å². The summed E-state index contributed by atoms with van der Waals surface area (Å²) < 4.78 is 0. The lowest BCUT2D eigenvalue weighted by atomic mass is 10.2. The van der Waals surface area contributed by atoms with E-state index in [4.69, 9.17) is 0 Å². The van der Waals surface area contributed by atoms with Crippen molar-refractivity contribution >= 4 is 0 Å². The fourth-order valence-corrected chi connectivity index (χ4v) is 1.68. The van der Waals surface area contributed by atoms with Crippen molar-refractivity contribution in [3.8, 4) is 0 Å². The lowest BCUT2D eigenvalue weighted by molar-refractivity contribution is 0.221. The fraction of sp³-hybridized carbons (Fsp3) is 1.00. The minimum Gasteiger partial charge on any atom is -0.315 e. The Morgan fingerprint density at radius 2 is 2.27 bits per heavy atom. The van der Waals surface area contributed by atoms with E-state index < -0.39 is 0 Å². The minimum atomic E-state index is 0.782. The van der Waals surface area contributed by atoms with E-state index in [-0.39, 0.29) is 0 Å². The van der Waals surface area contributed by atoms with Gasteiger partial charge in [0, 0.05) is 19.1 Å². The third-order valence-electron chi connectivity index (χ3n) is 2.45. The molecule has 0 radical (unpaired) electrons. The van der Waals surface area contributed by atoms with Crippen LogP contribution in [0.25, 0.3) is 0 Å². The van der Waals surface area contributed by atoms with E-state index in [1.807, 2.05) is 0 Å². The summed E-state index contributed by atoms with van der Waals surface area (Å²) in [6.45, 7) is 9.46. The van der Waals surface area contributed by atoms with Crippen molar-refractivity contribution in [1.82, 2.24) is 10.2 Å². The molecule has 1 fully saturated rings. The average Bonchev–Trinajstić information content (AvgIpc) is 2.18. The topological polar surface area (TPSA) is 15.3 Å². The molecule has 1 aliphatic heterocycles. The molecule has 0 saturated carbocycles. The van der Waals surface area contributed by atoms with E-state index in [1.165, 1.54) is 39.0 Å². The van der Waals surface area contributed by atoms with Crippen LogP contribution in [0.15, 0.2) is 0 Å². The molecule has 0 aromatic carbocycles. The summed E-state index contributed by atoms with van der Waals surface area (Å²) in [5, 5.41) is 3.42. The minimum absolute atomic E-state index is 0.782. The van der Waals surface area contributed by atoms with E-state index in [1.54, 1.807) is 0 Å². The molecule has 0 spiro atoms. The molecule has 11 heavy (non-hydrogen) atoms. The molecule has 1 atom stereocenters. The molecule has 2 heteroatoms. The van der Waals surface area contributed by atoms with Gasteiger partial charge in [-0.15, -0.1) is 0 Å². The van der Waals surface area contributed by atoms with Crippen molar-refractivity contribution in [2.45, 2.75) is 32.7 Å². The van der Waals surface area contributed by atoms with Crippen LogP contribution in [0.2, 0.25) is 0 Å². The number of rotatable bonds is 2. The van der Waals surface area contributed by atoms with Crippen molar-refractivity contribution in [2.75, 3.05) is 26.2 Å². The van der Waals surface area contributed by atoms with Gasteiger partial charge in [-0.2, -0.15) is 0 Å². The molecule has 1 N–H and O–H groups in total. The SMILES string of the molecule is CCCN1CCNCCC1C.